The topological polar surface area (TPSA) is 51.5 Å². The molecule has 0 unspecified atom stereocenters. The minimum atomic E-state index is -0.00725. The van der Waals surface area contributed by atoms with Gasteiger partial charge in [0.15, 0.2) is 5.43 Å². The summed E-state index contributed by atoms with van der Waals surface area (Å²) in [5.41, 5.74) is 0.587. The van der Waals surface area contributed by atoms with Crippen LogP contribution in [0.5, 0.6) is 5.75 Å². The van der Waals surface area contributed by atoms with Crippen molar-refractivity contribution >= 4 is 11.0 Å². The van der Waals surface area contributed by atoms with Crippen molar-refractivity contribution in [3.05, 3.63) is 40.2 Å². The van der Waals surface area contributed by atoms with Crippen LogP contribution >= 0.6 is 0 Å². The van der Waals surface area contributed by atoms with E-state index in [1.54, 1.807) is 13.0 Å². The fourth-order valence-electron chi connectivity index (χ4n) is 2.43. The van der Waals surface area contributed by atoms with E-state index in [4.69, 9.17) is 9.15 Å². The molecule has 0 saturated carbocycles. The van der Waals surface area contributed by atoms with Crippen molar-refractivity contribution in [2.45, 2.75) is 25.9 Å². The zero-order chi connectivity index (χ0) is 13.2. The quantitative estimate of drug-likeness (QED) is 0.898. The molecule has 1 aliphatic heterocycles. The van der Waals surface area contributed by atoms with E-state index in [2.05, 4.69) is 5.32 Å². The second kappa shape index (κ2) is 5.05. The largest absolute Gasteiger partial charge is 0.490 e. The van der Waals surface area contributed by atoms with Crippen molar-refractivity contribution in [3.63, 3.8) is 0 Å². The number of ether oxygens (including phenoxy) is 1. The van der Waals surface area contributed by atoms with Gasteiger partial charge in [0.2, 0.25) is 0 Å². The Labute approximate surface area is 111 Å². The van der Waals surface area contributed by atoms with Crippen LogP contribution in [0.3, 0.4) is 0 Å². The molecule has 0 amide bonds. The Bertz CT molecular complexity index is 641. The van der Waals surface area contributed by atoms with Crippen LogP contribution in [0.15, 0.2) is 33.5 Å². The highest BCUT2D eigenvalue weighted by atomic mass is 16.5. The first-order valence-corrected chi connectivity index (χ1v) is 6.64. The first-order chi connectivity index (χ1) is 9.22. The van der Waals surface area contributed by atoms with Crippen LogP contribution < -0.4 is 15.5 Å². The highest BCUT2D eigenvalue weighted by molar-refractivity contribution is 5.77. The lowest BCUT2D eigenvalue weighted by molar-refractivity contribution is 0.162. The van der Waals surface area contributed by atoms with E-state index in [0.29, 0.717) is 16.7 Å². The second-order valence-electron chi connectivity index (χ2n) is 4.95. The zero-order valence-corrected chi connectivity index (χ0v) is 10.9. The molecular weight excluding hydrogens is 242 g/mol. The molecule has 4 nitrogen and oxygen atoms in total. The maximum Gasteiger partial charge on any atom is 0.192 e. The zero-order valence-electron chi connectivity index (χ0n) is 10.9. The number of hydrogen-bond donors (Lipinski definition) is 1. The lowest BCUT2D eigenvalue weighted by Gasteiger charge is -2.23. The van der Waals surface area contributed by atoms with Crippen molar-refractivity contribution in [3.8, 4) is 5.75 Å². The van der Waals surface area contributed by atoms with Crippen molar-refractivity contribution in [1.29, 1.82) is 0 Å². The van der Waals surface area contributed by atoms with Crippen LogP contribution in [0.4, 0.5) is 0 Å². The summed E-state index contributed by atoms with van der Waals surface area (Å²) in [7, 11) is 0. The Morgan fingerprint density at radius 3 is 2.84 bits per heavy atom. The smallest absolute Gasteiger partial charge is 0.192 e. The van der Waals surface area contributed by atoms with Gasteiger partial charge in [-0.05, 0) is 45.0 Å². The SMILES string of the molecule is Cc1cc(=O)c2ccc(OC3CCNCC3)cc2o1. The van der Waals surface area contributed by atoms with Gasteiger partial charge >= 0.3 is 0 Å². The third kappa shape index (κ3) is 2.63. The van der Waals surface area contributed by atoms with Gasteiger partial charge in [0.05, 0.1) is 5.39 Å². The summed E-state index contributed by atoms with van der Waals surface area (Å²) in [6, 6.07) is 6.94. The van der Waals surface area contributed by atoms with E-state index in [1.165, 1.54) is 6.07 Å². The number of benzene rings is 1. The molecule has 100 valence electrons. The molecule has 0 atom stereocenters. The van der Waals surface area contributed by atoms with Crippen molar-refractivity contribution in [2.75, 3.05) is 13.1 Å². The van der Waals surface area contributed by atoms with E-state index < -0.39 is 0 Å². The number of fused-ring (bicyclic) bond motifs is 1. The van der Waals surface area contributed by atoms with Crippen LogP contribution in [-0.2, 0) is 0 Å². The van der Waals surface area contributed by atoms with E-state index in [9.17, 15) is 4.79 Å². The van der Waals surface area contributed by atoms with Gasteiger partial charge in [-0.15, -0.1) is 0 Å². The molecule has 1 fully saturated rings. The van der Waals surface area contributed by atoms with Crippen LogP contribution in [-0.4, -0.2) is 19.2 Å². The lowest BCUT2D eigenvalue weighted by Crippen LogP contribution is -2.34. The molecule has 1 aromatic heterocycles. The lowest BCUT2D eigenvalue weighted by atomic mass is 10.1. The van der Waals surface area contributed by atoms with Crippen molar-refractivity contribution in [1.82, 2.24) is 5.32 Å². The molecular formula is C15H17NO3. The number of piperidine rings is 1. The average molecular weight is 259 g/mol. The van der Waals surface area contributed by atoms with Crippen LogP contribution in [0.25, 0.3) is 11.0 Å². The van der Waals surface area contributed by atoms with Crippen molar-refractivity contribution < 1.29 is 9.15 Å². The molecule has 2 heterocycles. The maximum absolute atomic E-state index is 11.8. The van der Waals surface area contributed by atoms with Gasteiger partial charge < -0.3 is 14.5 Å². The summed E-state index contributed by atoms with van der Waals surface area (Å²) >= 11 is 0. The molecule has 0 aliphatic carbocycles. The Kier molecular flexibility index (Phi) is 3.25. The predicted molar refractivity (Wildman–Crippen MR) is 73.7 cm³/mol. The minimum Gasteiger partial charge on any atom is -0.490 e. The molecule has 0 spiro atoms. The maximum atomic E-state index is 11.8. The Morgan fingerprint density at radius 1 is 1.26 bits per heavy atom. The highest BCUT2D eigenvalue weighted by Crippen LogP contribution is 2.22. The molecule has 3 rings (SSSR count). The average Bonchev–Trinajstić information content (AvgIpc) is 2.39. The number of aryl methyl sites for hydroxylation is 1. The minimum absolute atomic E-state index is 0.00725. The van der Waals surface area contributed by atoms with Crippen molar-refractivity contribution in [2.24, 2.45) is 0 Å². The molecule has 1 saturated heterocycles. The summed E-state index contributed by atoms with van der Waals surface area (Å²) in [5.74, 6) is 1.39. The molecule has 0 bridgehead atoms. The highest BCUT2D eigenvalue weighted by Gasteiger charge is 2.15. The van der Waals surface area contributed by atoms with Gasteiger partial charge in [-0.25, -0.2) is 0 Å². The normalized spacial score (nSPS) is 16.7. The second-order valence-corrected chi connectivity index (χ2v) is 4.95. The van der Waals surface area contributed by atoms with Gasteiger partial charge in [0, 0.05) is 12.1 Å². The number of rotatable bonds is 2. The molecule has 2 aromatic rings. The molecule has 1 aliphatic rings. The first-order valence-electron chi connectivity index (χ1n) is 6.64. The molecule has 4 heteroatoms. The molecule has 1 N–H and O–H groups in total. The monoisotopic (exact) mass is 259 g/mol. The van der Waals surface area contributed by atoms with E-state index in [1.807, 2.05) is 12.1 Å². The Balaban J connectivity index is 1.90. The Morgan fingerprint density at radius 2 is 2.05 bits per heavy atom. The summed E-state index contributed by atoms with van der Waals surface area (Å²) in [6.45, 7) is 3.76. The van der Waals surface area contributed by atoms with E-state index >= 15 is 0 Å². The molecule has 1 aromatic carbocycles. The van der Waals surface area contributed by atoms with E-state index in [-0.39, 0.29) is 11.5 Å². The van der Waals surface area contributed by atoms with E-state index in [0.717, 1.165) is 31.7 Å². The summed E-state index contributed by atoms with van der Waals surface area (Å²) in [6.07, 6.45) is 2.27. The first kappa shape index (κ1) is 12.2. The van der Waals surface area contributed by atoms with Crippen LogP contribution in [0.2, 0.25) is 0 Å². The standard InChI is InChI=1S/C15H17NO3/c1-10-8-14(17)13-3-2-12(9-15(13)18-10)19-11-4-6-16-7-5-11/h2-3,8-9,11,16H,4-7H2,1H3. The van der Waals surface area contributed by atoms with Gasteiger partial charge in [0.1, 0.15) is 23.2 Å². The summed E-state index contributed by atoms with van der Waals surface area (Å²) in [5, 5.41) is 3.91. The summed E-state index contributed by atoms with van der Waals surface area (Å²) < 4.78 is 11.5. The fraction of sp³-hybridized carbons (Fsp3) is 0.400. The van der Waals surface area contributed by atoms with Gasteiger partial charge in [0.25, 0.3) is 0 Å². The number of nitrogens with one attached hydrogen (secondary N) is 1. The third-order valence-corrected chi connectivity index (χ3v) is 3.41. The van der Waals surface area contributed by atoms with Gasteiger partial charge in [-0.2, -0.15) is 0 Å². The van der Waals surface area contributed by atoms with Gasteiger partial charge in [-0.3, -0.25) is 4.79 Å². The number of hydrogen-bond acceptors (Lipinski definition) is 4. The fourth-order valence-corrected chi connectivity index (χ4v) is 2.43. The van der Waals surface area contributed by atoms with Crippen LogP contribution in [0.1, 0.15) is 18.6 Å². The molecule has 19 heavy (non-hydrogen) atoms. The predicted octanol–water partition coefficient (Wildman–Crippen LogP) is 2.23. The van der Waals surface area contributed by atoms with Gasteiger partial charge in [-0.1, -0.05) is 0 Å². The third-order valence-electron chi connectivity index (χ3n) is 3.41. The molecule has 0 radical (unpaired) electrons. The Hall–Kier alpha value is -1.81. The van der Waals surface area contributed by atoms with Crippen LogP contribution in [0, 0.1) is 6.92 Å². The summed E-state index contributed by atoms with van der Waals surface area (Å²) in [4.78, 5) is 11.8.